The van der Waals surface area contributed by atoms with E-state index in [1.165, 1.54) is 24.3 Å². The summed E-state index contributed by atoms with van der Waals surface area (Å²) in [7, 11) is 1.59. The fourth-order valence-electron chi connectivity index (χ4n) is 4.04. The van der Waals surface area contributed by atoms with E-state index < -0.39 is 6.04 Å². The standard InChI is InChI=1S/C26H20F2N4O2S/c1-15-22(25-30-24(31-34-25)17-4-3-5-21(14-17)33-2)23(16-6-8-18(27)9-7-16)29-26(35)32(15)20-12-10-19(28)11-13-20/h3-14,23H,1-2H3,(H,29,35). The van der Waals surface area contributed by atoms with Crippen molar-refractivity contribution >= 4 is 28.6 Å². The van der Waals surface area contributed by atoms with Gasteiger partial charge in [0.15, 0.2) is 5.11 Å². The lowest BCUT2D eigenvalue weighted by atomic mass is 9.94. The molecule has 0 fully saturated rings. The summed E-state index contributed by atoms with van der Waals surface area (Å²) >= 11 is 5.67. The molecule has 0 saturated carbocycles. The number of nitrogens with one attached hydrogen (secondary N) is 1. The Morgan fingerprint density at radius 3 is 2.37 bits per heavy atom. The van der Waals surface area contributed by atoms with Gasteiger partial charge in [0, 0.05) is 16.9 Å². The fourth-order valence-corrected chi connectivity index (χ4v) is 4.40. The van der Waals surface area contributed by atoms with Gasteiger partial charge in [-0.15, -0.1) is 0 Å². The third kappa shape index (κ3) is 4.38. The largest absolute Gasteiger partial charge is 0.497 e. The summed E-state index contributed by atoms with van der Waals surface area (Å²) in [5.74, 6) is 0.631. The van der Waals surface area contributed by atoms with Crippen LogP contribution in [-0.2, 0) is 0 Å². The van der Waals surface area contributed by atoms with Crippen molar-refractivity contribution in [2.45, 2.75) is 13.0 Å². The van der Waals surface area contributed by atoms with E-state index in [1.807, 2.05) is 31.2 Å². The van der Waals surface area contributed by atoms with Gasteiger partial charge in [0.25, 0.3) is 5.89 Å². The van der Waals surface area contributed by atoms with Gasteiger partial charge in [-0.3, -0.25) is 4.90 Å². The number of thiocarbonyl (C=S) groups is 1. The molecular weight excluding hydrogens is 470 g/mol. The minimum atomic E-state index is -0.474. The third-order valence-corrected chi connectivity index (χ3v) is 6.06. The van der Waals surface area contributed by atoms with Crippen molar-refractivity contribution in [1.82, 2.24) is 15.5 Å². The predicted molar refractivity (Wildman–Crippen MR) is 133 cm³/mol. The van der Waals surface area contributed by atoms with Crippen LogP contribution in [0.25, 0.3) is 17.0 Å². The van der Waals surface area contributed by atoms with E-state index in [0.717, 1.165) is 16.8 Å². The van der Waals surface area contributed by atoms with Gasteiger partial charge >= 0.3 is 0 Å². The van der Waals surface area contributed by atoms with Gasteiger partial charge in [0.1, 0.15) is 17.4 Å². The first-order valence-electron chi connectivity index (χ1n) is 10.8. The number of ether oxygens (including phenoxy) is 1. The molecule has 4 aromatic rings. The molecule has 5 rings (SSSR count). The first-order chi connectivity index (χ1) is 16.9. The van der Waals surface area contributed by atoms with E-state index in [2.05, 4.69) is 15.5 Å². The summed E-state index contributed by atoms with van der Waals surface area (Å²) in [4.78, 5) is 6.43. The summed E-state index contributed by atoms with van der Waals surface area (Å²) in [6, 6.07) is 19.0. The molecule has 0 saturated heterocycles. The van der Waals surface area contributed by atoms with Crippen LogP contribution >= 0.6 is 12.2 Å². The number of nitrogens with zero attached hydrogens (tertiary/aromatic N) is 3. The van der Waals surface area contributed by atoms with Crippen molar-refractivity contribution < 1.29 is 18.0 Å². The van der Waals surface area contributed by atoms with Crippen molar-refractivity contribution in [3.8, 4) is 17.1 Å². The molecule has 1 aliphatic heterocycles. The Labute approximate surface area is 205 Å². The molecule has 2 heterocycles. The number of benzene rings is 3. The molecule has 176 valence electrons. The average Bonchev–Trinajstić information content (AvgIpc) is 3.35. The van der Waals surface area contributed by atoms with E-state index in [9.17, 15) is 8.78 Å². The second-order valence-corrected chi connectivity index (χ2v) is 8.29. The molecule has 1 aromatic heterocycles. The lowest BCUT2D eigenvalue weighted by molar-refractivity contribution is 0.403. The molecule has 0 aliphatic carbocycles. The number of anilines is 1. The van der Waals surface area contributed by atoms with Crippen molar-refractivity contribution in [2.75, 3.05) is 12.0 Å². The topological polar surface area (TPSA) is 63.4 Å². The predicted octanol–water partition coefficient (Wildman–Crippen LogP) is 5.89. The molecule has 3 aromatic carbocycles. The first kappa shape index (κ1) is 22.7. The maximum atomic E-state index is 13.6. The van der Waals surface area contributed by atoms with Gasteiger partial charge in [-0.2, -0.15) is 4.98 Å². The first-order valence-corrected chi connectivity index (χ1v) is 11.2. The Bertz CT molecular complexity index is 1420. The molecular formula is C26H20F2N4O2S. The zero-order valence-corrected chi connectivity index (χ0v) is 19.6. The van der Waals surface area contributed by atoms with Gasteiger partial charge in [0.2, 0.25) is 5.82 Å². The van der Waals surface area contributed by atoms with Crippen LogP contribution in [0.1, 0.15) is 24.4 Å². The summed E-state index contributed by atoms with van der Waals surface area (Å²) in [5, 5.41) is 7.88. The van der Waals surface area contributed by atoms with Crippen molar-refractivity contribution in [3.05, 3.63) is 102 Å². The molecule has 6 nitrogen and oxygen atoms in total. The molecule has 0 bridgehead atoms. The highest BCUT2D eigenvalue weighted by Crippen LogP contribution is 2.39. The van der Waals surface area contributed by atoms with E-state index in [1.54, 1.807) is 36.3 Å². The number of hydrogen-bond acceptors (Lipinski definition) is 5. The van der Waals surface area contributed by atoms with E-state index in [4.69, 9.17) is 21.5 Å². The Kier molecular flexibility index (Phi) is 6.00. The maximum absolute atomic E-state index is 13.6. The second kappa shape index (κ2) is 9.27. The van der Waals surface area contributed by atoms with Crippen molar-refractivity contribution in [3.63, 3.8) is 0 Å². The van der Waals surface area contributed by atoms with Crippen LogP contribution in [0.15, 0.2) is 83.0 Å². The van der Waals surface area contributed by atoms with Crippen LogP contribution < -0.4 is 15.0 Å². The molecule has 35 heavy (non-hydrogen) atoms. The Balaban J connectivity index is 1.64. The Morgan fingerprint density at radius 1 is 1.00 bits per heavy atom. The minimum absolute atomic E-state index is 0.275. The second-order valence-electron chi connectivity index (χ2n) is 7.90. The molecule has 1 N–H and O–H groups in total. The van der Waals surface area contributed by atoms with Crippen LogP contribution in [0.3, 0.4) is 0 Å². The van der Waals surface area contributed by atoms with Gasteiger partial charge in [-0.05, 0) is 73.2 Å². The van der Waals surface area contributed by atoms with Gasteiger partial charge in [-0.25, -0.2) is 8.78 Å². The number of hydrogen-bond donors (Lipinski definition) is 1. The summed E-state index contributed by atoms with van der Waals surface area (Å²) in [5.41, 5.74) is 3.55. The molecule has 0 radical (unpaired) electrons. The highest BCUT2D eigenvalue weighted by Gasteiger charge is 2.34. The SMILES string of the molecule is COc1cccc(-c2noc(C3=C(C)N(c4ccc(F)cc4)C(=S)NC3c3ccc(F)cc3)n2)c1. The third-order valence-electron chi connectivity index (χ3n) is 5.76. The Morgan fingerprint density at radius 2 is 1.69 bits per heavy atom. The highest BCUT2D eigenvalue weighted by atomic mass is 32.1. The smallest absolute Gasteiger partial charge is 0.258 e. The monoisotopic (exact) mass is 490 g/mol. The lowest BCUT2D eigenvalue weighted by Crippen LogP contribution is -2.46. The van der Waals surface area contributed by atoms with Crippen LogP contribution in [0.5, 0.6) is 5.75 Å². The summed E-state index contributed by atoms with van der Waals surface area (Å²) < 4.78 is 38.2. The normalized spacial score (nSPS) is 15.8. The van der Waals surface area contributed by atoms with Crippen molar-refractivity contribution in [1.29, 1.82) is 0 Å². The van der Waals surface area contributed by atoms with Crippen LogP contribution in [-0.4, -0.2) is 22.4 Å². The van der Waals surface area contributed by atoms with Crippen molar-refractivity contribution in [2.24, 2.45) is 0 Å². The highest BCUT2D eigenvalue weighted by molar-refractivity contribution is 7.80. The van der Waals surface area contributed by atoms with Crippen LogP contribution in [0.4, 0.5) is 14.5 Å². The molecule has 9 heteroatoms. The summed E-state index contributed by atoms with van der Waals surface area (Å²) in [6.45, 7) is 1.87. The maximum Gasteiger partial charge on any atom is 0.258 e. The lowest BCUT2D eigenvalue weighted by Gasteiger charge is -2.37. The van der Waals surface area contributed by atoms with E-state index in [-0.39, 0.29) is 17.5 Å². The van der Waals surface area contributed by atoms with Crippen LogP contribution in [0.2, 0.25) is 0 Å². The number of halogens is 2. The Hall–Kier alpha value is -4.11. The number of allylic oxidation sites excluding steroid dienone is 1. The quantitative estimate of drug-likeness (QED) is 0.350. The fraction of sp³-hybridized carbons (Fsp3) is 0.115. The number of methoxy groups -OCH3 is 1. The zero-order valence-electron chi connectivity index (χ0n) is 18.8. The van der Waals surface area contributed by atoms with E-state index in [0.29, 0.717) is 27.9 Å². The summed E-state index contributed by atoms with van der Waals surface area (Å²) in [6.07, 6.45) is 0. The number of aromatic nitrogens is 2. The molecule has 1 unspecified atom stereocenters. The zero-order chi connectivity index (χ0) is 24.5. The van der Waals surface area contributed by atoms with Gasteiger partial charge in [0.05, 0.1) is 18.7 Å². The van der Waals surface area contributed by atoms with Crippen LogP contribution in [0, 0.1) is 11.6 Å². The van der Waals surface area contributed by atoms with Gasteiger partial charge < -0.3 is 14.6 Å². The molecule has 1 atom stereocenters. The average molecular weight is 491 g/mol. The minimum Gasteiger partial charge on any atom is -0.497 e. The molecule has 0 spiro atoms. The van der Waals surface area contributed by atoms with E-state index >= 15 is 0 Å². The molecule has 0 amide bonds. The molecule has 1 aliphatic rings. The van der Waals surface area contributed by atoms with Gasteiger partial charge in [-0.1, -0.05) is 29.4 Å². The number of rotatable bonds is 5.